The Morgan fingerprint density at radius 2 is 2.08 bits per heavy atom. The molecule has 3 heteroatoms. The topological polar surface area (TPSA) is 57.5 Å². The summed E-state index contributed by atoms with van der Waals surface area (Å²) in [5, 5.41) is 18.8. The number of aliphatic hydroxyl groups excluding tert-OH is 1. The lowest BCUT2D eigenvalue weighted by Gasteiger charge is -2.15. The zero-order valence-corrected chi connectivity index (χ0v) is 15.1. The van der Waals surface area contributed by atoms with Crippen LogP contribution in [0.1, 0.15) is 77.6 Å². The largest absolute Gasteiger partial charge is 0.481 e. The average molecular weight is 335 g/mol. The molecule has 24 heavy (non-hydrogen) atoms. The summed E-state index contributed by atoms with van der Waals surface area (Å²) >= 11 is 0. The van der Waals surface area contributed by atoms with Gasteiger partial charge < -0.3 is 10.2 Å². The van der Waals surface area contributed by atoms with Gasteiger partial charge in [0.15, 0.2) is 0 Å². The van der Waals surface area contributed by atoms with Crippen molar-refractivity contribution in [2.45, 2.75) is 83.7 Å². The van der Waals surface area contributed by atoms with E-state index in [1.807, 2.05) is 6.08 Å². The summed E-state index contributed by atoms with van der Waals surface area (Å²) < 4.78 is 0. The van der Waals surface area contributed by atoms with Crippen molar-refractivity contribution in [2.24, 2.45) is 17.8 Å². The lowest BCUT2D eigenvalue weighted by molar-refractivity contribution is -0.137. The molecular weight excluding hydrogens is 300 g/mol. The van der Waals surface area contributed by atoms with Crippen molar-refractivity contribution in [3.63, 3.8) is 0 Å². The molecule has 0 unspecified atom stereocenters. The van der Waals surface area contributed by atoms with Crippen molar-refractivity contribution in [2.75, 3.05) is 0 Å². The first-order chi connectivity index (χ1) is 11.6. The van der Waals surface area contributed by atoms with E-state index in [-0.39, 0.29) is 12.5 Å². The molecule has 2 N–H and O–H groups in total. The molecular formula is C21H34O3. The Hall–Kier alpha value is -1.09. The lowest BCUT2D eigenvalue weighted by atomic mass is 9.91. The second-order valence-electron chi connectivity index (χ2n) is 7.67. The van der Waals surface area contributed by atoms with Crippen LogP contribution < -0.4 is 0 Å². The molecule has 3 nitrogen and oxygen atoms in total. The minimum atomic E-state index is -0.695. The first-order valence-corrected chi connectivity index (χ1v) is 9.86. The summed E-state index contributed by atoms with van der Waals surface area (Å²) in [6.45, 7) is 2.19. The Morgan fingerprint density at radius 1 is 1.25 bits per heavy atom. The number of allylic oxidation sites excluding steroid dienone is 3. The Bertz CT molecular complexity index is 452. The number of unbranched alkanes of at least 4 members (excludes halogenated alkanes) is 3. The van der Waals surface area contributed by atoms with Crippen molar-refractivity contribution in [3.05, 3.63) is 23.8 Å². The van der Waals surface area contributed by atoms with Gasteiger partial charge in [0.2, 0.25) is 0 Å². The van der Waals surface area contributed by atoms with Gasteiger partial charge in [-0.05, 0) is 62.7 Å². The number of aliphatic hydroxyl groups is 1. The summed E-state index contributed by atoms with van der Waals surface area (Å²) in [5.41, 5.74) is 1.54. The van der Waals surface area contributed by atoms with Crippen LogP contribution in [0.25, 0.3) is 0 Å². The third kappa shape index (κ3) is 6.08. The number of carboxylic acid groups (broad SMARTS) is 1. The van der Waals surface area contributed by atoms with Crippen molar-refractivity contribution >= 4 is 5.97 Å². The van der Waals surface area contributed by atoms with E-state index in [0.717, 1.165) is 37.5 Å². The normalized spacial score (nSPS) is 29.4. The highest BCUT2D eigenvalue weighted by molar-refractivity contribution is 5.66. The summed E-state index contributed by atoms with van der Waals surface area (Å²) in [6, 6.07) is 0. The molecule has 2 saturated carbocycles. The van der Waals surface area contributed by atoms with Crippen LogP contribution in [0.4, 0.5) is 0 Å². The SMILES string of the molecule is CCCCC[C@H](O)C=C[C@H]1CC[C@@H]2CC(=CCCCC(=O)O)C[C@@H]21. The Balaban J connectivity index is 1.75. The summed E-state index contributed by atoms with van der Waals surface area (Å²) in [5.74, 6) is 1.48. The van der Waals surface area contributed by atoms with Crippen molar-refractivity contribution in [3.8, 4) is 0 Å². The molecule has 0 radical (unpaired) electrons. The van der Waals surface area contributed by atoms with Crippen LogP contribution in [-0.4, -0.2) is 22.3 Å². The molecule has 0 bridgehead atoms. The van der Waals surface area contributed by atoms with E-state index in [0.29, 0.717) is 5.92 Å². The lowest BCUT2D eigenvalue weighted by Crippen LogP contribution is -2.08. The van der Waals surface area contributed by atoms with Gasteiger partial charge in [-0.25, -0.2) is 0 Å². The summed E-state index contributed by atoms with van der Waals surface area (Å²) in [6.07, 6.45) is 17.6. The molecule has 0 heterocycles. The molecule has 136 valence electrons. The molecule has 0 saturated heterocycles. The standard InChI is InChI=1S/C21H34O3/c1-2-3-4-8-19(22)13-12-17-10-11-18-14-16(15-20(17)18)7-5-6-9-21(23)24/h7,12-13,17-20,22H,2-6,8-11,14-15H2,1H3,(H,23,24)/t17-,18-,19+,20-/m1/s1. The maximum atomic E-state index is 10.6. The second-order valence-corrected chi connectivity index (χ2v) is 7.67. The molecule has 2 fully saturated rings. The molecule has 0 aromatic carbocycles. The molecule has 0 amide bonds. The van der Waals surface area contributed by atoms with E-state index in [1.165, 1.54) is 44.1 Å². The van der Waals surface area contributed by atoms with Gasteiger partial charge in [-0.1, -0.05) is 50.0 Å². The highest BCUT2D eigenvalue weighted by Crippen LogP contribution is 2.50. The average Bonchev–Trinajstić information content (AvgIpc) is 3.10. The van der Waals surface area contributed by atoms with Crippen LogP contribution >= 0.6 is 0 Å². The van der Waals surface area contributed by atoms with E-state index in [9.17, 15) is 9.90 Å². The number of hydrogen-bond donors (Lipinski definition) is 2. The van der Waals surface area contributed by atoms with Crippen LogP contribution in [0, 0.1) is 17.8 Å². The fourth-order valence-corrected chi connectivity index (χ4v) is 4.41. The Kier molecular flexibility index (Phi) is 8.04. The molecule has 2 aliphatic carbocycles. The van der Waals surface area contributed by atoms with E-state index in [2.05, 4.69) is 19.1 Å². The molecule has 0 spiro atoms. The Morgan fingerprint density at radius 3 is 2.83 bits per heavy atom. The summed E-state index contributed by atoms with van der Waals surface area (Å²) in [7, 11) is 0. The fourth-order valence-electron chi connectivity index (χ4n) is 4.41. The van der Waals surface area contributed by atoms with Gasteiger partial charge in [-0.15, -0.1) is 0 Å². The van der Waals surface area contributed by atoms with Crippen LogP contribution in [0.2, 0.25) is 0 Å². The number of carboxylic acids is 1. The second kappa shape index (κ2) is 10.0. The molecule has 2 rings (SSSR count). The minimum Gasteiger partial charge on any atom is -0.481 e. The maximum absolute atomic E-state index is 10.6. The number of hydrogen-bond acceptors (Lipinski definition) is 2. The van der Waals surface area contributed by atoms with Gasteiger partial charge >= 0.3 is 5.97 Å². The quantitative estimate of drug-likeness (QED) is 0.431. The van der Waals surface area contributed by atoms with Gasteiger partial charge in [0, 0.05) is 6.42 Å². The first kappa shape index (κ1) is 19.2. The number of fused-ring (bicyclic) bond motifs is 1. The van der Waals surface area contributed by atoms with E-state index in [1.54, 1.807) is 0 Å². The number of rotatable bonds is 10. The van der Waals surface area contributed by atoms with Crippen LogP contribution in [-0.2, 0) is 4.79 Å². The third-order valence-electron chi connectivity index (χ3n) is 5.76. The van der Waals surface area contributed by atoms with Gasteiger partial charge in [0.1, 0.15) is 0 Å². The zero-order chi connectivity index (χ0) is 17.4. The molecule has 0 aromatic rings. The van der Waals surface area contributed by atoms with Crippen LogP contribution in [0.3, 0.4) is 0 Å². The van der Waals surface area contributed by atoms with Gasteiger partial charge in [-0.3, -0.25) is 4.79 Å². The predicted octanol–water partition coefficient (Wildman–Crippen LogP) is 5.10. The molecule has 0 aromatic heterocycles. The van der Waals surface area contributed by atoms with E-state index >= 15 is 0 Å². The molecule has 2 aliphatic rings. The van der Waals surface area contributed by atoms with Gasteiger partial charge in [0.05, 0.1) is 6.10 Å². The van der Waals surface area contributed by atoms with E-state index in [4.69, 9.17) is 5.11 Å². The van der Waals surface area contributed by atoms with Crippen LogP contribution in [0.5, 0.6) is 0 Å². The molecule has 0 aliphatic heterocycles. The van der Waals surface area contributed by atoms with Crippen molar-refractivity contribution < 1.29 is 15.0 Å². The highest BCUT2D eigenvalue weighted by Gasteiger charge is 2.39. The first-order valence-electron chi connectivity index (χ1n) is 9.86. The maximum Gasteiger partial charge on any atom is 0.303 e. The summed E-state index contributed by atoms with van der Waals surface area (Å²) in [4.78, 5) is 10.6. The van der Waals surface area contributed by atoms with Gasteiger partial charge in [0.25, 0.3) is 0 Å². The van der Waals surface area contributed by atoms with E-state index < -0.39 is 5.97 Å². The zero-order valence-electron chi connectivity index (χ0n) is 15.1. The van der Waals surface area contributed by atoms with Crippen LogP contribution in [0.15, 0.2) is 23.8 Å². The van der Waals surface area contributed by atoms with Gasteiger partial charge in [-0.2, -0.15) is 0 Å². The third-order valence-corrected chi connectivity index (χ3v) is 5.76. The predicted molar refractivity (Wildman–Crippen MR) is 97.8 cm³/mol. The van der Waals surface area contributed by atoms with Crippen molar-refractivity contribution in [1.29, 1.82) is 0 Å². The molecule has 4 atom stereocenters. The van der Waals surface area contributed by atoms with Crippen molar-refractivity contribution in [1.82, 2.24) is 0 Å². The minimum absolute atomic E-state index is 0.275. The highest BCUT2D eigenvalue weighted by atomic mass is 16.4. The fraction of sp³-hybridized carbons (Fsp3) is 0.762. The number of aliphatic carboxylic acids is 1. The monoisotopic (exact) mass is 334 g/mol. The number of carbonyl (C=O) groups is 1. The Labute approximate surface area is 146 Å². The smallest absolute Gasteiger partial charge is 0.303 e.